The summed E-state index contributed by atoms with van der Waals surface area (Å²) in [6, 6.07) is 9.34. The van der Waals surface area contributed by atoms with Gasteiger partial charge in [0.15, 0.2) is 0 Å². The van der Waals surface area contributed by atoms with Crippen LogP contribution in [0.3, 0.4) is 0 Å². The maximum absolute atomic E-state index is 12.0. The van der Waals surface area contributed by atoms with Crippen molar-refractivity contribution in [3.63, 3.8) is 0 Å². The van der Waals surface area contributed by atoms with Gasteiger partial charge in [0.25, 0.3) is 0 Å². The number of rotatable bonds is 7. The number of nitrogens with one attached hydrogen (secondary N) is 1. The molecule has 0 radical (unpaired) electrons. The minimum absolute atomic E-state index is 0.0428. The zero-order valence-corrected chi connectivity index (χ0v) is 12.4. The Labute approximate surface area is 126 Å². The lowest BCUT2D eigenvalue weighted by Crippen LogP contribution is -2.45. The topological polar surface area (TPSA) is 72.2 Å². The molecule has 0 saturated heterocycles. The summed E-state index contributed by atoms with van der Waals surface area (Å²) >= 11 is 0. The number of aryl methyl sites for hydroxylation is 1. The van der Waals surface area contributed by atoms with Crippen molar-refractivity contribution >= 4 is 11.8 Å². The summed E-state index contributed by atoms with van der Waals surface area (Å²) in [5, 5.41) is 2.80. The van der Waals surface area contributed by atoms with Crippen molar-refractivity contribution in [2.75, 3.05) is 0 Å². The summed E-state index contributed by atoms with van der Waals surface area (Å²) in [7, 11) is 0. The third kappa shape index (κ3) is 5.21. The number of amides is 2. The first-order valence-electron chi connectivity index (χ1n) is 7.78. The molecule has 1 aromatic rings. The van der Waals surface area contributed by atoms with Gasteiger partial charge in [-0.1, -0.05) is 43.2 Å². The Morgan fingerprint density at radius 3 is 2.48 bits per heavy atom. The Kier molecular flexibility index (Phi) is 5.78. The lowest BCUT2D eigenvalue weighted by atomic mass is 10.0. The highest BCUT2D eigenvalue weighted by Crippen LogP contribution is 2.27. The van der Waals surface area contributed by atoms with Gasteiger partial charge in [0.1, 0.15) is 6.04 Å². The summed E-state index contributed by atoms with van der Waals surface area (Å²) < 4.78 is 0. The molecule has 1 fully saturated rings. The highest BCUT2D eigenvalue weighted by molar-refractivity contribution is 5.86. The van der Waals surface area contributed by atoms with Crippen LogP contribution in [-0.2, 0) is 16.0 Å². The Balaban J connectivity index is 1.81. The minimum Gasteiger partial charge on any atom is -0.368 e. The number of hydrogen-bond donors (Lipinski definition) is 2. The summed E-state index contributed by atoms with van der Waals surface area (Å²) in [4.78, 5) is 23.5. The predicted molar refractivity (Wildman–Crippen MR) is 82.5 cm³/mol. The van der Waals surface area contributed by atoms with E-state index < -0.39 is 11.9 Å². The van der Waals surface area contributed by atoms with Crippen LogP contribution >= 0.6 is 0 Å². The Bertz CT molecular complexity index is 467. The van der Waals surface area contributed by atoms with Gasteiger partial charge >= 0.3 is 0 Å². The second-order valence-electron chi connectivity index (χ2n) is 5.90. The van der Waals surface area contributed by atoms with Gasteiger partial charge in [-0.2, -0.15) is 0 Å². The molecule has 1 atom stereocenters. The van der Waals surface area contributed by atoms with Gasteiger partial charge in [0.2, 0.25) is 11.8 Å². The molecule has 0 aliphatic heterocycles. The number of hydrogen-bond acceptors (Lipinski definition) is 2. The molecule has 0 spiro atoms. The van der Waals surface area contributed by atoms with Gasteiger partial charge in [-0.05, 0) is 37.2 Å². The number of benzene rings is 1. The molecule has 2 rings (SSSR count). The predicted octanol–water partition coefficient (Wildman–Crippen LogP) is 2.17. The van der Waals surface area contributed by atoms with Gasteiger partial charge < -0.3 is 11.1 Å². The van der Waals surface area contributed by atoms with Gasteiger partial charge in [0, 0.05) is 6.42 Å². The summed E-state index contributed by atoms with van der Waals surface area (Å²) in [5.41, 5.74) is 6.55. The maximum Gasteiger partial charge on any atom is 0.240 e. The average Bonchev–Trinajstić information content (AvgIpc) is 2.97. The van der Waals surface area contributed by atoms with E-state index in [0.29, 0.717) is 18.8 Å². The molecule has 0 bridgehead atoms. The molecule has 2 amide bonds. The molecule has 1 aliphatic rings. The number of carbonyl (C=O) groups is 2. The molecule has 4 heteroatoms. The molecule has 1 aliphatic carbocycles. The van der Waals surface area contributed by atoms with Gasteiger partial charge in [0.05, 0.1) is 0 Å². The highest BCUT2D eigenvalue weighted by Gasteiger charge is 2.22. The number of nitrogens with two attached hydrogens (primary N) is 1. The molecule has 0 unspecified atom stereocenters. The fourth-order valence-corrected chi connectivity index (χ4v) is 2.97. The third-order valence-corrected chi connectivity index (χ3v) is 4.19. The smallest absolute Gasteiger partial charge is 0.240 e. The Morgan fingerprint density at radius 2 is 1.86 bits per heavy atom. The first kappa shape index (κ1) is 15.5. The fourth-order valence-electron chi connectivity index (χ4n) is 2.97. The first-order chi connectivity index (χ1) is 10.1. The standard InChI is InChI=1S/C17H24N2O2/c18-17(21)15(11-10-13-6-2-1-3-7-13)19-16(20)12-14-8-4-5-9-14/h1-3,6-7,14-15H,4-5,8-12H2,(H2,18,21)(H,19,20)/t15-/m0/s1. The molecule has 114 valence electrons. The van der Waals surface area contributed by atoms with Crippen molar-refractivity contribution in [1.82, 2.24) is 5.32 Å². The van der Waals surface area contributed by atoms with E-state index in [9.17, 15) is 9.59 Å². The monoisotopic (exact) mass is 288 g/mol. The lowest BCUT2D eigenvalue weighted by molar-refractivity contribution is -0.128. The molecule has 21 heavy (non-hydrogen) atoms. The lowest BCUT2D eigenvalue weighted by Gasteiger charge is -2.17. The largest absolute Gasteiger partial charge is 0.368 e. The average molecular weight is 288 g/mol. The highest BCUT2D eigenvalue weighted by atomic mass is 16.2. The van der Waals surface area contributed by atoms with Crippen LogP contribution in [0.5, 0.6) is 0 Å². The van der Waals surface area contributed by atoms with Crippen LogP contribution in [-0.4, -0.2) is 17.9 Å². The minimum atomic E-state index is -0.570. The van der Waals surface area contributed by atoms with E-state index in [2.05, 4.69) is 5.32 Å². The van der Waals surface area contributed by atoms with Gasteiger partial charge in [-0.25, -0.2) is 0 Å². The summed E-state index contributed by atoms with van der Waals surface area (Å²) in [6.45, 7) is 0. The SMILES string of the molecule is NC(=O)[C@H](CCc1ccccc1)NC(=O)CC1CCCC1. The van der Waals surface area contributed by atoms with Crippen LogP contribution in [0.4, 0.5) is 0 Å². The van der Waals surface area contributed by atoms with Crippen LogP contribution in [0.25, 0.3) is 0 Å². The van der Waals surface area contributed by atoms with Gasteiger partial charge in [-0.15, -0.1) is 0 Å². The molecule has 0 heterocycles. The van der Waals surface area contributed by atoms with E-state index >= 15 is 0 Å². The van der Waals surface area contributed by atoms with Crippen molar-refractivity contribution in [1.29, 1.82) is 0 Å². The maximum atomic E-state index is 12.0. The molecular weight excluding hydrogens is 264 g/mol. The van der Waals surface area contributed by atoms with E-state index in [4.69, 9.17) is 5.73 Å². The van der Waals surface area contributed by atoms with E-state index in [1.807, 2.05) is 30.3 Å². The number of carbonyl (C=O) groups excluding carboxylic acids is 2. The normalized spacial score (nSPS) is 16.6. The zero-order valence-electron chi connectivity index (χ0n) is 12.4. The van der Waals surface area contributed by atoms with E-state index in [0.717, 1.165) is 24.8 Å². The van der Waals surface area contributed by atoms with Crippen LogP contribution in [0, 0.1) is 5.92 Å². The van der Waals surface area contributed by atoms with Crippen molar-refractivity contribution in [3.05, 3.63) is 35.9 Å². The number of primary amides is 1. The Morgan fingerprint density at radius 1 is 1.19 bits per heavy atom. The fraction of sp³-hybridized carbons (Fsp3) is 0.529. The second-order valence-corrected chi connectivity index (χ2v) is 5.90. The van der Waals surface area contributed by atoms with Crippen LogP contribution in [0.15, 0.2) is 30.3 Å². The summed E-state index contributed by atoms with van der Waals surface area (Å²) in [5.74, 6) is -0.0166. The molecule has 1 aromatic carbocycles. The van der Waals surface area contributed by atoms with E-state index in [1.54, 1.807) is 0 Å². The van der Waals surface area contributed by atoms with Crippen molar-refractivity contribution < 1.29 is 9.59 Å². The van der Waals surface area contributed by atoms with Crippen LogP contribution in [0.1, 0.15) is 44.1 Å². The zero-order chi connectivity index (χ0) is 15.1. The second kappa shape index (κ2) is 7.81. The Hall–Kier alpha value is -1.84. The summed E-state index contributed by atoms with van der Waals surface area (Å²) in [6.07, 6.45) is 6.48. The quantitative estimate of drug-likeness (QED) is 0.807. The van der Waals surface area contributed by atoms with Crippen molar-refractivity contribution in [2.24, 2.45) is 11.7 Å². The van der Waals surface area contributed by atoms with Crippen molar-refractivity contribution in [3.8, 4) is 0 Å². The molecule has 3 N–H and O–H groups in total. The van der Waals surface area contributed by atoms with E-state index in [-0.39, 0.29) is 5.91 Å². The molecule has 1 saturated carbocycles. The molecule has 4 nitrogen and oxygen atoms in total. The van der Waals surface area contributed by atoms with Gasteiger partial charge in [-0.3, -0.25) is 9.59 Å². The molecular formula is C17H24N2O2. The van der Waals surface area contributed by atoms with Crippen LogP contribution < -0.4 is 11.1 Å². The third-order valence-electron chi connectivity index (χ3n) is 4.19. The van der Waals surface area contributed by atoms with Crippen LogP contribution in [0.2, 0.25) is 0 Å². The van der Waals surface area contributed by atoms with Crippen molar-refractivity contribution in [2.45, 2.75) is 51.0 Å². The van der Waals surface area contributed by atoms with E-state index in [1.165, 1.54) is 12.8 Å². The first-order valence-corrected chi connectivity index (χ1v) is 7.78. The molecule has 0 aromatic heterocycles.